The number of anilines is 1. The molecule has 1 N–H and O–H groups in total. The van der Waals surface area contributed by atoms with Crippen LogP contribution in [0.5, 0.6) is 11.5 Å². The maximum absolute atomic E-state index is 12.5. The molecule has 2 aromatic carbocycles. The van der Waals surface area contributed by atoms with Crippen molar-refractivity contribution < 1.29 is 23.8 Å². The number of ether oxygens (including phenoxy) is 3. The highest BCUT2D eigenvalue weighted by molar-refractivity contribution is 6.35. The third-order valence-corrected chi connectivity index (χ3v) is 4.33. The minimum Gasteiger partial charge on any atom is -0.490 e. The first-order valence-electron chi connectivity index (χ1n) is 8.32. The Morgan fingerprint density at radius 3 is 2.88 bits per heavy atom. The third-order valence-electron chi connectivity index (χ3n) is 4.33. The van der Waals surface area contributed by atoms with Gasteiger partial charge in [0.15, 0.2) is 11.5 Å². The van der Waals surface area contributed by atoms with Crippen molar-refractivity contribution in [3.05, 3.63) is 53.1 Å². The maximum atomic E-state index is 12.5. The van der Waals surface area contributed by atoms with Crippen molar-refractivity contribution in [2.24, 2.45) is 0 Å². The molecule has 0 saturated heterocycles. The molecule has 6 nitrogen and oxygen atoms in total. The zero-order valence-electron chi connectivity index (χ0n) is 14.2. The van der Waals surface area contributed by atoms with Crippen molar-refractivity contribution in [3.8, 4) is 11.5 Å². The molecule has 4 rings (SSSR count). The minimum absolute atomic E-state index is 0.228. The largest absolute Gasteiger partial charge is 0.490 e. The van der Waals surface area contributed by atoms with Crippen molar-refractivity contribution in [2.45, 2.75) is 6.42 Å². The normalized spacial score (nSPS) is 16.7. The second-order valence-electron chi connectivity index (χ2n) is 5.99. The minimum atomic E-state index is -0.446. The van der Waals surface area contributed by atoms with E-state index in [2.05, 4.69) is 5.32 Å². The predicted molar refractivity (Wildman–Crippen MR) is 96.3 cm³/mol. The molecule has 26 heavy (non-hydrogen) atoms. The number of benzene rings is 2. The number of hydrogen-bond acceptors (Lipinski definition) is 5. The van der Waals surface area contributed by atoms with E-state index in [9.17, 15) is 9.59 Å². The van der Waals surface area contributed by atoms with Gasteiger partial charge in [-0.15, -0.1) is 0 Å². The zero-order chi connectivity index (χ0) is 18.1. The Labute approximate surface area is 150 Å². The van der Waals surface area contributed by atoms with Gasteiger partial charge in [0.2, 0.25) is 0 Å². The second-order valence-corrected chi connectivity index (χ2v) is 5.99. The van der Waals surface area contributed by atoms with E-state index in [4.69, 9.17) is 14.2 Å². The van der Waals surface area contributed by atoms with Gasteiger partial charge in [0.05, 0.1) is 25.9 Å². The van der Waals surface area contributed by atoms with Gasteiger partial charge >= 0.3 is 5.97 Å². The van der Waals surface area contributed by atoms with Crippen LogP contribution >= 0.6 is 0 Å². The SMILES string of the molecule is COC(=O)c1ccc2c(c1)NC(=O)/C2=C/c1cccc2c1OCCCO2. The summed E-state index contributed by atoms with van der Waals surface area (Å²) in [7, 11) is 1.32. The zero-order valence-corrected chi connectivity index (χ0v) is 14.2. The number of fused-ring (bicyclic) bond motifs is 2. The van der Waals surface area contributed by atoms with Crippen molar-refractivity contribution in [1.82, 2.24) is 0 Å². The molecule has 0 fully saturated rings. The van der Waals surface area contributed by atoms with Crippen LogP contribution in [-0.2, 0) is 9.53 Å². The van der Waals surface area contributed by atoms with Gasteiger partial charge in [0.1, 0.15) is 0 Å². The van der Waals surface area contributed by atoms with E-state index < -0.39 is 5.97 Å². The highest BCUT2D eigenvalue weighted by Crippen LogP contribution is 2.38. The fourth-order valence-corrected chi connectivity index (χ4v) is 3.07. The quantitative estimate of drug-likeness (QED) is 0.665. The van der Waals surface area contributed by atoms with Crippen molar-refractivity contribution in [2.75, 3.05) is 25.6 Å². The van der Waals surface area contributed by atoms with Crippen LogP contribution in [0, 0.1) is 0 Å². The third kappa shape index (κ3) is 2.79. The van der Waals surface area contributed by atoms with Crippen LogP contribution in [0.3, 0.4) is 0 Å². The fraction of sp³-hybridized carbons (Fsp3) is 0.200. The van der Waals surface area contributed by atoms with Gasteiger partial charge in [0, 0.05) is 28.8 Å². The number of carbonyl (C=O) groups excluding carboxylic acids is 2. The summed E-state index contributed by atoms with van der Waals surface area (Å²) in [6.45, 7) is 1.17. The van der Waals surface area contributed by atoms with E-state index in [1.54, 1.807) is 24.3 Å². The van der Waals surface area contributed by atoms with E-state index in [-0.39, 0.29) is 5.91 Å². The monoisotopic (exact) mass is 351 g/mol. The summed E-state index contributed by atoms with van der Waals surface area (Å²) in [5, 5.41) is 2.79. The first-order valence-corrected chi connectivity index (χ1v) is 8.32. The Bertz CT molecular complexity index is 932. The van der Waals surface area contributed by atoms with Crippen LogP contribution < -0.4 is 14.8 Å². The summed E-state index contributed by atoms with van der Waals surface area (Å²) in [6.07, 6.45) is 2.59. The standard InChI is InChI=1S/C20H17NO5/c1-24-20(23)13-6-7-14-15(19(22)21-16(14)11-13)10-12-4-2-5-17-18(12)26-9-3-8-25-17/h2,4-7,10-11H,3,8-9H2,1H3,(H,21,22)/b15-10+. The van der Waals surface area contributed by atoms with Gasteiger partial charge in [-0.05, 0) is 24.3 Å². The van der Waals surface area contributed by atoms with Gasteiger partial charge in [-0.1, -0.05) is 18.2 Å². The molecule has 0 spiro atoms. The summed E-state index contributed by atoms with van der Waals surface area (Å²) >= 11 is 0. The van der Waals surface area contributed by atoms with Crippen LogP contribution in [-0.4, -0.2) is 32.2 Å². The summed E-state index contributed by atoms with van der Waals surface area (Å²) < 4.78 is 16.2. The van der Waals surface area contributed by atoms with Crippen molar-refractivity contribution in [3.63, 3.8) is 0 Å². The molecular weight excluding hydrogens is 334 g/mol. The summed E-state index contributed by atoms with van der Waals surface area (Å²) in [6, 6.07) is 10.6. The molecule has 2 aliphatic rings. The number of nitrogens with one attached hydrogen (secondary N) is 1. The number of esters is 1. The molecule has 0 aliphatic carbocycles. The van der Waals surface area contributed by atoms with E-state index >= 15 is 0 Å². The van der Waals surface area contributed by atoms with Gasteiger partial charge < -0.3 is 19.5 Å². The molecule has 0 aromatic heterocycles. The molecule has 1 amide bonds. The highest BCUT2D eigenvalue weighted by atomic mass is 16.5. The van der Waals surface area contributed by atoms with Crippen LogP contribution in [0.4, 0.5) is 5.69 Å². The Morgan fingerprint density at radius 2 is 2.04 bits per heavy atom. The van der Waals surface area contributed by atoms with Crippen molar-refractivity contribution >= 4 is 29.2 Å². The second kappa shape index (κ2) is 6.55. The van der Waals surface area contributed by atoms with E-state index in [1.165, 1.54) is 7.11 Å². The highest BCUT2D eigenvalue weighted by Gasteiger charge is 2.26. The van der Waals surface area contributed by atoms with Crippen LogP contribution in [0.15, 0.2) is 36.4 Å². The smallest absolute Gasteiger partial charge is 0.337 e. The van der Waals surface area contributed by atoms with Gasteiger partial charge in [-0.2, -0.15) is 0 Å². The van der Waals surface area contributed by atoms with Gasteiger partial charge in [-0.3, -0.25) is 4.79 Å². The molecule has 6 heteroatoms. The van der Waals surface area contributed by atoms with Crippen LogP contribution in [0.1, 0.15) is 27.9 Å². The summed E-state index contributed by atoms with van der Waals surface area (Å²) in [5.74, 6) is 0.647. The Morgan fingerprint density at radius 1 is 1.19 bits per heavy atom. The number of amides is 1. The molecule has 0 bridgehead atoms. The Balaban J connectivity index is 1.76. The number of hydrogen-bond donors (Lipinski definition) is 1. The Kier molecular flexibility index (Phi) is 4.08. The topological polar surface area (TPSA) is 73.9 Å². The lowest BCUT2D eigenvalue weighted by molar-refractivity contribution is -0.110. The summed E-state index contributed by atoms with van der Waals surface area (Å²) in [4.78, 5) is 24.1. The molecule has 2 heterocycles. The Hall–Kier alpha value is -3.28. The first-order chi connectivity index (χ1) is 12.7. The lowest BCUT2D eigenvalue weighted by Gasteiger charge is -2.10. The molecule has 0 atom stereocenters. The first kappa shape index (κ1) is 16.2. The van der Waals surface area contributed by atoms with Crippen LogP contribution in [0.2, 0.25) is 0 Å². The van der Waals surface area contributed by atoms with Crippen molar-refractivity contribution in [1.29, 1.82) is 0 Å². The maximum Gasteiger partial charge on any atom is 0.337 e. The molecule has 0 radical (unpaired) electrons. The predicted octanol–water partition coefficient (Wildman–Crippen LogP) is 3.13. The summed E-state index contributed by atoms with van der Waals surface area (Å²) in [5.41, 5.74) is 2.99. The fourth-order valence-electron chi connectivity index (χ4n) is 3.07. The lowest BCUT2D eigenvalue weighted by Crippen LogP contribution is -2.04. The number of carbonyl (C=O) groups is 2. The molecule has 2 aliphatic heterocycles. The number of rotatable bonds is 2. The average molecular weight is 351 g/mol. The number of methoxy groups -OCH3 is 1. The molecule has 0 saturated carbocycles. The van der Waals surface area contributed by atoms with Gasteiger partial charge in [-0.25, -0.2) is 4.79 Å². The van der Waals surface area contributed by atoms with E-state index in [0.29, 0.717) is 41.5 Å². The lowest BCUT2D eigenvalue weighted by atomic mass is 10.0. The molecular formula is C20H17NO5. The van der Waals surface area contributed by atoms with Gasteiger partial charge in [0.25, 0.3) is 5.91 Å². The molecule has 0 unspecified atom stereocenters. The molecule has 2 aromatic rings. The number of para-hydroxylation sites is 1. The molecule has 132 valence electrons. The van der Waals surface area contributed by atoms with E-state index in [1.807, 2.05) is 18.2 Å². The van der Waals surface area contributed by atoms with Crippen LogP contribution in [0.25, 0.3) is 11.6 Å². The average Bonchev–Trinajstić information content (AvgIpc) is 2.83. The van der Waals surface area contributed by atoms with E-state index in [0.717, 1.165) is 17.5 Å².